The van der Waals surface area contributed by atoms with Gasteiger partial charge in [-0.2, -0.15) is 10.4 Å². The largest absolute Gasteiger partial charge is 0.494 e. The monoisotopic (exact) mass is 491 g/mol. The van der Waals surface area contributed by atoms with Crippen LogP contribution >= 0.6 is 0 Å². The molecular weight excluding hydrogens is 464 g/mol. The van der Waals surface area contributed by atoms with E-state index in [2.05, 4.69) is 31.7 Å². The number of aromatic nitrogens is 5. The molecule has 0 bridgehead atoms. The van der Waals surface area contributed by atoms with E-state index in [-0.39, 0.29) is 23.7 Å². The summed E-state index contributed by atoms with van der Waals surface area (Å²) < 4.78 is 29.4. The molecule has 2 fully saturated rings. The summed E-state index contributed by atoms with van der Waals surface area (Å²) in [6.45, 7) is -2.16. The smallest absolute Gasteiger partial charge is 0.327 e. The van der Waals surface area contributed by atoms with Gasteiger partial charge < -0.3 is 20.3 Å². The first-order chi connectivity index (χ1) is 18.5. The zero-order valence-corrected chi connectivity index (χ0v) is 19.5. The van der Waals surface area contributed by atoms with E-state index in [0.29, 0.717) is 42.2 Å². The minimum Gasteiger partial charge on any atom is -0.494 e. The SMILES string of the molecule is [2H]C([2H])([2H])NC(=O)c1nnc(N2CCN(C3(C#N)CC3)C2=O)cc1Nc1cccc(-c2ncn(C)n2)c1OC. The number of urea groups is 1. The number of nitriles is 1. The molecule has 0 radical (unpaired) electrons. The van der Waals surface area contributed by atoms with Gasteiger partial charge in [0.1, 0.15) is 11.9 Å². The van der Waals surface area contributed by atoms with Gasteiger partial charge in [-0.05, 0) is 25.0 Å². The molecule has 1 aliphatic carbocycles. The fourth-order valence-electron chi connectivity index (χ4n) is 4.18. The second kappa shape index (κ2) is 8.81. The first-order valence-electron chi connectivity index (χ1n) is 12.6. The topological polar surface area (TPSA) is 154 Å². The quantitative estimate of drug-likeness (QED) is 0.502. The van der Waals surface area contributed by atoms with Crippen molar-refractivity contribution in [1.29, 1.82) is 5.26 Å². The Balaban J connectivity index is 1.53. The second-order valence-electron chi connectivity index (χ2n) is 8.40. The number of amides is 3. The van der Waals surface area contributed by atoms with Crippen LogP contribution in [0.3, 0.4) is 0 Å². The first kappa shape index (κ1) is 19.6. The fourth-order valence-corrected chi connectivity index (χ4v) is 4.18. The van der Waals surface area contributed by atoms with Gasteiger partial charge in [-0.15, -0.1) is 10.2 Å². The molecular formula is C23H24N10O3. The molecule has 3 aromatic rings. The van der Waals surface area contributed by atoms with E-state index in [9.17, 15) is 14.9 Å². The highest BCUT2D eigenvalue weighted by atomic mass is 16.5. The summed E-state index contributed by atoms with van der Waals surface area (Å²) in [6, 6.07) is 8.43. The van der Waals surface area contributed by atoms with Gasteiger partial charge in [0.15, 0.2) is 23.1 Å². The van der Waals surface area contributed by atoms with E-state index >= 15 is 0 Å². The summed E-state index contributed by atoms with van der Waals surface area (Å²) in [6.07, 6.45) is 2.76. The third-order valence-corrected chi connectivity index (χ3v) is 6.17. The van der Waals surface area contributed by atoms with Crippen LogP contribution < -0.4 is 20.3 Å². The Morgan fingerprint density at radius 1 is 1.28 bits per heavy atom. The molecule has 1 saturated carbocycles. The van der Waals surface area contributed by atoms with Crippen molar-refractivity contribution < 1.29 is 18.4 Å². The number of methoxy groups -OCH3 is 1. The first-order valence-corrected chi connectivity index (χ1v) is 11.1. The maximum absolute atomic E-state index is 13.2. The lowest BCUT2D eigenvalue weighted by Crippen LogP contribution is -2.40. The lowest BCUT2D eigenvalue weighted by atomic mass is 10.1. The zero-order chi connectivity index (χ0) is 27.9. The Labute approximate surface area is 210 Å². The number of nitrogens with one attached hydrogen (secondary N) is 2. The van der Waals surface area contributed by atoms with Crippen LogP contribution in [-0.4, -0.2) is 74.5 Å². The predicted octanol–water partition coefficient (Wildman–Crippen LogP) is 1.68. The molecule has 2 N–H and O–H groups in total. The molecule has 3 amide bonds. The van der Waals surface area contributed by atoms with Gasteiger partial charge >= 0.3 is 6.03 Å². The molecule has 0 atom stereocenters. The van der Waals surface area contributed by atoms with Crippen molar-refractivity contribution in [2.24, 2.45) is 7.05 Å². The minimum atomic E-state index is -2.77. The highest BCUT2D eigenvalue weighted by molar-refractivity contribution is 6.00. The van der Waals surface area contributed by atoms with Crippen LogP contribution in [-0.2, 0) is 7.05 Å². The Kier molecular flexibility index (Phi) is 4.78. The summed E-state index contributed by atoms with van der Waals surface area (Å²) in [5.74, 6) is -0.0990. The summed E-state index contributed by atoms with van der Waals surface area (Å²) in [5, 5.41) is 26.9. The van der Waals surface area contributed by atoms with Crippen molar-refractivity contribution in [2.45, 2.75) is 18.4 Å². The van der Waals surface area contributed by atoms with Crippen LogP contribution in [0.25, 0.3) is 11.4 Å². The van der Waals surface area contributed by atoms with E-state index < -0.39 is 24.5 Å². The second-order valence-corrected chi connectivity index (χ2v) is 8.40. The molecule has 5 rings (SSSR count). The molecule has 3 heterocycles. The Morgan fingerprint density at radius 2 is 2.11 bits per heavy atom. The molecule has 2 aromatic heterocycles. The molecule has 13 nitrogen and oxygen atoms in total. The van der Waals surface area contributed by atoms with Crippen LogP contribution in [0.4, 0.5) is 22.0 Å². The molecule has 1 saturated heterocycles. The molecule has 0 unspecified atom stereocenters. The van der Waals surface area contributed by atoms with Crippen LogP contribution in [0.15, 0.2) is 30.6 Å². The summed E-state index contributed by atoms with van der Waals surface area (Å²) >= 11 is 0. The lowest BCUT2D eigenvalue weighted by molar-refractivity contribution is 0.0958. The van der Waals surface area contributed by atoms with Crippen molar-refractivity contribution in [3.8, 4) is 23.2 Å². The van der Waals surface area contributed by atoms with Crippen LogP contribution in [0.2, 0.25) is 0 Å². The standard InChI is InChI=1S/C23H24N10O3/c1-25-21(34)18-16(27-15-6-4-5-14(19(15)36-3)20-26-13-31(2)30-20)11-17(28-29-18)32-9-10-33(22(32)35)23(12-24)7-8-23/h4-6,11,13H,7-10H2,1-3H3,(H,25,34)(H,27,28)/i1D3. The summed E-state index contributed by atoms with van der Waals surface area (Å²) in [5.41, 5.74) is -0.0559. The minimum absolute atomic E-state index is 0.0823. The van der Waals surface area contributed by atoms with Gasteiger partial charge in [-0.25, -0.2) is 9.78 Å². The Morgan fingerprint density at radius 3 is 2.78 bits per heavy atom. The van der Waals surface area contributed by atoms with Gasteiger partial charge in [-0.1, -0.05) is 6.07 Å². The van der Waals surface area contributed by atoms with Gasteiger partial charge in [-0.3, -0.25) is 14.4 Å². The maximum atomic E-state index is 13.2. The number of para-hydroxylation sites is 1. The molecule has 1 aliphatic heterocycles. The van der Waals surface area contributed by atoms with E-state index in [1.165, 1.54) is 23.0 Å². The van der Waals surface area contributed by atoms with E-state index in [1.54, 1.807) is 36.3 Å². The fraction of sp³-hybridized carbons (Fsp3) is 0.348. The highest BCUT2D eigenvalue weighted by Crippen LogP contribution is 2.43. The summed E-state index contributed by atoms with van der Waals surface area (Å²) in [7, 11) is 3.19. The third-order valence-electron chi connectivity index (χ3n) is 6.17. The van der Waals surface area contributed by atoms with Crippen molar-refractivity contribution in [2.75, 3.05) is 37.4 Å². The van der Waals surface area contributed by atoms with E-state index in [1.807, 2.05) is 5.32 Å². The molecule has 13 heteroatoms. The van der Waals surface area contributed by atoms with Crippen molar-refractivity contribution in [3.63, 3.8) is 0 Å². The number of hydrogen-bond donors (Lipinski definition) is 2. The van der Waals surface area contributed by atoms with Crippen molar-refractivity contribution >= 4 is 29.1 Å². The van der Waals surface area contributed by atoms with Crippen LogP contribution in [0.1, 0.15) is 27.4 Å². The van der Waals surface area contributed by atoms with Crippen molar-refractivity contribution in [3.05, 3.63) is 36.3 Å². The Bertz CT molecular complexity index is 1500. The number of benzene rings is 1. The number of anilines is 3. The molecule has 184 valence electrons. The van der Waals surface area contributed by atoms with Gasteiger partial charge in [0.2, 0.25) is 0 Å². The predicted molar refractivity (Wildman–Crippen MR) is 129 cm³/mol. The average molecular weight is 492 g/mol. The Hall–Kier alpha value is -4.73. The highest BCUT2D eigenvalue weighted by Gasteiger charge is 2.54. The number of carbonyl (C=O) groups is 2. The number of aryl methyl sites for hydroxylation is 1. The molecule has 2 aliphatic rings. The van der Waals surface area contributed by atoms with E-state index in [4.69, 9.17) is 8.85 Å². The number of carbonyl (C=O) groups excluding carboxylic acids is 2. The maximum Gasteiger partial charge on any atom is 0.327 e. The average Bonchev–Trinajstić information content (AvgIpc) is 3.40. The van der Waals surface area contributed by atoms with Crippen LogP contribution in [0.5, 0.6) is 5.75 Å². The van der Waals surface area contributed by atoms with Crippen molar-refractivity contribution in [1.82, 2.24) is 35.2 Å². The molecule has 1 aromatic carbocycles. The normalized spacial score (nSPS) is 17.6. The number of rotatable bonds is 7. The number of nitrogens with zero attached hydrogens (tertiary/aromatic N) is 8. The molecule has 36 heavy (non-hydrogen) atoms. The number of ether oxygens (including phenoxy) is 1. The zero-order valence-electron chi connectivity index (χ0n) is 22.5. The van der Waals surface area contributed by atoms with E-state index in [0.717, 1.165) is 0 Å². The van der Waals surface area contributed by atoms with Gasteiger partial charge in [0.25, 0.3) is 5.91 Å². The third kappa shape index (κ3) is 3.82. The lowest BCUT2D eigenvalue weighted by Gasteiger charge is -2.22. The van der Waals surface area contributed by atoms with Gasteiger partial charge in [0.05, 0.1) is 30.1 Å². The van der Waals surface area contributed by atoms with Crippen LogP contribution in [0, 0.1) is 11.3 Å². The summed E-state index contributed by atoms with van der Waals surface area (Å²) in [4.78, 5) is 33.2. The van der Waals surface area contributed by atoms with Gasteiger partial charge in [0, 0.05) is 37.3 Å². The molecule has 0 spiro atoms. The number of hydrogen-bond acceptors (Lipinski definition) is 9.